The molecule has 1 aromatic carbocycles. The summed E-state index contributed by atoms with van der Waals surface area (Å²) in [5.74, 6) is 0.750. The van der Waals surface area contributed by atoms with Gasteiger partial charge in [-0.15, -0.1) is 0 Å². The van der Waals surface area contributed by atoms with Crippen LogP contribution in [0.4, 0.5) is 0 Å². The van der Waals surface area contributed by atoms with Crippen molar-refractivity contribution in [2.24, 2.45) is 5.92 Å². The standard InChI is InChI=1S/C17H23Cl2N3O2/c1-12(2)17(23)14(22-11-20-10-21-22)7-3-4-9-24-15-8-5-6-13(18)16(15)19/h5-6,8,10-12,14,17,23H,3-4,7,9H2,1-2H3. The number of rotatable bonds is 9. The summed E-state index contributed by atoms with van der Waals surface area (Å²) in [5, 5.41) is 15.5. The zero-order valence-electron chi connectivity index (χ0n) is 13.9. The van der Waals surface area contributed by atoms with E-state index in [4.69, 9.17) is 27.9 Å². The molecule has 24 heavy (non-hydrogen) atoms. The van der Waals surface area contributed by atoms with Crippen LogP contribution in [-0.2, 0) is 0 Å². The van der Waals surface area contributed by atoms with E-state index >= 15 is 0 Å². The number of unbranched alkanes of at least 4 members (excludes halogenated alkanes) is 1. The largest absolute Gasteiger partial charge is 0.492 e. The van der Waals surface area contributed by atoms with Crippen molar-refractivity contribution in [1.29, 1.82) is 0 Å². The first-order chi connectivity index (χ1) is 11.5. The van der Waals surface area contributed by atoms with Crippen LogP contribution in [-0.4, -0.2) is 32.6 Å². The Morgan fingerprint density at radius 3 is 2.71 bits per heavy atom. The maximum Gasteiger partial charge on any atom is 0.139 e. The Morgan fingerprint density at radius 2 is 2.04 bits per heavy atom. The van der Waals surface area contributed by atoms with Crippen molar-refractivity contribution in [3.05, 3.63) is 40.9 Å². The average molecular weight is 372 g/mol. The second-order valence-corrected chi connectivity index (χ2v) is 6.86. The van der Waals surface area contributed by atoms with Gasteiger partial charge in [-0.1, -0.05) is 43.1 Å². The average Bonchev–Trinajstić information content (AvgIpc) is 3.08. The molecule has 2 rings (SSSR count). The lowest BCUT2D eigenvalue weighted by molar-refractivity contribution is 0.0581. The molecule has 1 aromatic heterocycles. The van der Waals surface area contributed by atoms with E-state index in [-0.39, 0.29) is 12.0 Å². The summed E-state index contributed by atoms with van der Waals surface area (Å²) < 4.78 is 7.42. The van der Waals surface area contributed by atoms with Crippen molar-refractivity contribution in [1.82, 2.24) is 14.8 Å². The summed E-state index contributed by atoms with van der Waals surface area (Å²) in [6, 6.07) is 5.26. The molecule has 132 valence electrons. The Balaban J connectivity index is 1.82. The first kappa shape index (κ1) is 19.0. The number of nitrogens with zero attached hydrogens (tertiary/aromatic N) is 3. The fraction of sp³-hybridized carbons (Fsp3) is 0.529. The van der Waals surface area contributed by atoms with E-state index in [2.05, 4.69) is 10.1 Å². The van der Waals surface area contributed by atoms with Crippen molar-refractivity contribution < 1.29 is 9.84 Å². The number of aliphatic hydroxyl groups is 1. The van der Waals surface area contributed by atoms with Crippen molar-refractivity contribution >= 4 is 23.2 Å². The minimum Gasteiger partial charge on any atom is -0.492 e. The predicted octanol–water partition coefficient (Wildman–Crippen LogP) is 4.39. The highest BCUT2D eigenvalue weighted by Gasteiger charge is 2.24. The molecule has 0 saturated heterocycles. The quantitative estimate of drug-likeness (QED) is 0.663. The van der Waals surface area contributed by atoms with Gasteiger partial charge in [-0.25, -0.2) is 9.67 Å². The third kappa shape index (κ3) is 5.10. The van der Waals surface area contributed by atoms with E-state index < -0.39 is 6.10 Å². The van der Waals surface area contributed by atoms with Crippen LogP contribution in [0.15, 0.2) is 30.9 Å². The molecule has 0 fully saturated rings. The Morgan fingerprint density at radius 1 is 1.25 bits per heavy atom. The zero-order valence-corrected chi connectivity index (χ0v) is 15.4. The van der Waals surface area contributed by atoms with Gasteiger partial charge >= 0.3 is 0 Å². The molecule has 0 aliphatic carbocycles. The number of aromatic nitrogens is 3. The number of benzene rings is 1. The molecule has 2 aromatic rings. The normalized spacial score (nSPS) is 13.9. The number of hydrogen-bond acceptors (Lipinski definition) is 4. The molecule has 2 atom stereocenters. The molecule has 0 spiro atoms. The highest BCUT2D eigenvalue weighted by atomic mass is 35.5. The second kappa shape index (κ2) is 9.25. The highest BCUT2D eigenvalue weighted by molar-refractivity contribution is 6.42. The van der Waals surface area contributed by atoms with Gasteiger partial charge in [-0.3, -0.25) is 0 Å². The van der Waals surface area contributed by atoms with Crippen LogP contribution in [0.1, 0.15) is 39.2 Å². The number of halogens is 2. The third-order valence-electron chi connectivity index (χ3n) is 3.92. The molecule has 0 radical (unpaired) electrons. The van der Waals surface area contributed by atoms with E-state index in [1.807, 2.05) is 19.9 Å². The molecule has 1 N–H and O–H groups in total. The lowest BCUT2D eigenvalue weighted by atomic mass is 9.95. The van der Waals surface area contributed by atoms with Gasteiger partial charge in [0, 0.05) is 0 Å². The van der Waals surface area contributed by atoms with Gasteiger partial charge in [0.25, 0.3) is 0 Å². The number of aliphatic hydroxyl groups excluding tert-OH is 1. The van der Waals surface area contributed by atoms with Crippen LogP contribution >= 0.6 is 23.2 Å². The van der Waals surface area contributed by atoms with Crippen LogP contribution in [0.5, 0.6) is 5.75 Å². The van der Waals surface area contributed by atoms with Crippen molar-refractivity contribution in [3.63, 3.8) is 0 Å². The first-order valence-electron chi connectivity index (χ1n) is 8.09. The molecular formula is C17H23Cl2N3O2. The van der Waals surface area contributed by atoms with Crippen LogP contribution in [0.25, 0.3) is 0 Å². The van der Waals surface area contributed by atoms with Gasteiger partial charge in [0.2, 0.25) is 0 Å². The molecule has 0 aliphatic heterocycles. The van der Waals surface area contributed by atoms with Gasteiger partial charge in [-0.05, 0) is 37.3 Å². The maximum atomic E-state index is 10.4. The highest BCUT2D eigenvalue weighted by Crippen LogP contribution is 2.31. The van der Waals surface area contributed by atoms with Crippen molar-refractivity contribution in [3.8, 4) is 5.75 Å². The topological polar surface area (TPSA) is 60.2 Å². The van der Waals surface area contributed by atoms with E-state index in [0.29, 0.717) is 22.4 Å². The lowest BCUT2D eigenvalue weighted by Crippen LogP contribution is -2.29. The summed E-state index contributed by atoms with van der Waals surface area (Å²) in [4.78, 5) is 3.98. The minimum atomic E-state index is -0.463. The lowest BCUT2D eigenvalue weighted by Gasteiger charge is -2.25. The van der Waals surface area contributed by atoms with Gasteiger partial charge in [0.1, 0.15) is 23.4 Å². The van der Waals surface area contributed by atoms with Crippen molar-refractivity contribution in [2.75, 3.05) is 6.61 Å². The fourth-order valence-corrected chi connectivity index (χ4v) is 2.87. The minimum absolute atomic E-state index is 0.0812. The number of ether oxygens (including phenoxy) is 1. The molecule has 1 heterocycles. The molecule has 7 heteroatoms. The van der Waals surface area contributed by atoms with Crippen LogP contribution < -0.4 is 4.74 Å². The van der Waals surface area contributed by atoms with Crippen LogP contribution in [0, 0.1) is 5.92 Å². The fourth-order valence-electron chi connectivity index (χ4n) is 2.53. The van der Waals surface area contributed by atoms with E-state index in [1.165, 1.54) is 6.33 Å². The monoisotopic (exact) mass is 371 g/mol. The Bertz CT molecular complexity index is 620. The molecule has 5 nitrogen and oxygen atoms in total. The zero-order chi connectivity index (χ0) is 17.5. The second-order valence-electron chi connectivity index (χ2n) is 6.07. The Hall–Kier alpha value is -1.30. The van der Waals surface area contributed by atoms with Gasteiger partial charge in [0.05, 0.1) is 23.8 Å². The summed E-state index contributed by atoms with van der Waals surface area (Å²) in [6.07, 6.45) is 5.22. The van der Waals surface area contributed by atoms with E-state index in [0.717, 1.165) is 19.3 Å². The Labute approximate surface area is 152 Å². The van der Waals surface area contributed by atoms with Gasteiger partial charge in [0.15, 0.2) is 0 Å². The van der Waals surface area contributed by atoms with Crippen LogP contribution in [0.3, 0.4) is 0 Å². The number of hydrogen-bond donors (Lipinski definition) is 1. The van der Waals surface area contributed by atoms with Crippen molar-refractivity contribution in [2.45, 2.75) is 45.3 Å². The summed E-state index contributed by atoms with van der Waals surface area (Å²) >= 11 is 12.1. The SMILES string of the molecule is CC(C)C(O)C(CCCCOc1cccc(Cl)c1Cl)n1cncn1. The van der Waals surface area contributed by atoms with Crippen LogP contribution in [0.2, 0.25) is 10.0 Å². The molecular weight excluding hydrogens is 349 g/mol. The molecule has 2 unspecified atom stereocenters. The van der Waals surface area contributed by atoms with E-state index in [1.54, 1.807) is 23.1 Å². The molecule has 0 saturated carbocycles. The smallest absolute Gasteiger partial charge is 0.139 e. The predicted molar refractivity (Wildman–Crippen MR) is 95.7 cm³/mol. The molecule has 0 bridgehead atoms. The maximum absolute atomic E-state index is 10.4. The Kier molecular flexibility index (Phi) is 7.34. The summed E-state index contributed by atoms with van der Waals surface area (Å²) in [6.45, 7) is 4.54. The summed E-state index contributed by atoms with van der Waals surface area (Å²) in [7, 11) is 0. The van der Waals surface area contributed by atoms with Gasteiger partial charge in [-0.2, -0.15) is 5.10 Å². The van der Waals surface area contributed by atoms with E-state index in [9.17, 15) is 5.11 Å². The first-order valence-corrected chi connectivity index (χ1v) is 8.85. The molecule has 0 aliphatic rings. The summed E-state index contributed by atoms with van der Waals surface area (Å²) in [5.41, 5.74) is 0. The van der Waals surface area contributed by atoms with Gasteiger partial charge < -0.3 is 9.84 Å². The molecule has 0 amide bonds. The third-order valence-corrected chi connectivity index (χ3v) is 4.72.